The van der Waals surface area contributed by atoms with Gasteiger partial charge in [0.25, 0.3) is 0 Å². The molecule has 0 saturated carbocycles. The number of morpholine rings is 1. The maximum atomic E-state index is 6.74. The average molecular weight is 280 g/mol. The second kappa shape index (κ2) is 7.58. The van der Waals surface area contributed by atoms with Gasteiger partial charge in [0.15, 0.2) is 0 Å². The number of nitrogens with zero attached hydrogens (tertiary/aromatic N) is 1. The van der Waals surface area contributed by atoms with Gasteiger partial charge in [-0.2, -0.15) is 0 Å². The Morgan fingerprint density at radius 1 is 1.25 bits per heavy atom. The van der Waals surface area contributed by atoms with Gasteiger partial charge in [-0.15, -0.1) is 0 Å². The highest BCUT2D eigenvalue weighted by molar-refractivity contribution is 5.18. The van der Waals surface area contributed by atoms with Crippen molar-refractivity contribution in [2.75, 3.05) is 26.3 Å². The molecule has 0 radical (unpaired) electrons. The molecule has 2 atom stereocenters. The molecule has 0 amide bonds. The van der Waals surface area contributed by atoms with Gasteiger partial charge in [-0.3, -0.25) is 4.90 Å². The summed E-state index contributed by atoms with van der Waals surface area (Å²) >= 11 is 0. The summed E-state index contributed by atoms with van der Waals surface area (Å²) in [4.78, 5) is 2.56. The molecule has 0 aromatic rings. The zero-order chi connectivity index (χ0) is 14.4. The third-order valence-corrected chi connectivity index (χ3v) is 5.34. The molecule has 20 heavy (non-hydrogen) atoms. The zero-order valence-electron chi connectivity index (χ0n) is 13.4. The van der Waals surface area contributed by atoms with Gasteiger partial charge in [0.2, 0.25) is 0 Å². The van der Waals surface area contributed by atoms with E-state index in [9.17, 15) is 0 Å². The first-order chi connectivity index (χ1) is 9.68. The van der Waals surface area contributed by atoms with Crippen molar-refractivity contribution in [1.29, 1.82) is 0 Å². The van der Waals surface area contributed by atoms with Crippen LogP contribution in [0.5, 0.6) is 0 Å². The van der Waals surface area contributed by atoms with Crippen molar-refractivity contribution in [2.45, 2.75) is 70.4 Å². The van der Waals surface area contributed by atoms with E-state index in [0.29, 0.717) is 0 Å². The van der Waals surface area contributed by atoms with Gasteiger partial charge in [0.1, 0.15) is 0 Å². The fourth-order valence-corrected chi connectivity index (χ4v) is 3.61. The normalized spacial score (nSPS) is 27.1. The zero-order valence-corrected chi connectivity index (χ0v) is 13.4. The highest BCUT2D eigenvalue weighted by Crippen LogP contribution is 2.31. The standard InChI is InChI=1S/C17H32N2O/c1-3-17(2,19-11-13-20-14-12-19)16(18)15-9-7-5-4-6-8-10-15/h9,16H,3-8,10-14,18H2,1-2H3. The third kappa shape index (κ3) is 3.63. The van der Waals surface area contributed by atoms with E-state index in [0.717, 1.165) is 32.7 Å². The summed E-state index contributed by atoms with van der Waals surface area (Å²) in [5, 5.41) is 0. The molecule has 2 unspecified atom stereocenters. The fourth-order valence-electron chi connectivity index (χ4n) is 3.61. The van der Waals surface area contributed by atoms with Crippen LogP contribution in [0, 0.1) is 0 Å². The molecule has 0 spiro atoms. The molecule has 2 rings (SSSR count). The summed E-state index contributed by atoms with van der Waals surface area (Å²) in [6, 6.07) is 0.170. The lowest BCUT2D eigenvalue weighted by Crippen LogP contribution is -2.61. The maximum Gasteiger partial charge on any atom is 0.0594 e. The summed E-state index contributed by atoms with van der Waals surface area (Å²) < 4.78 is 5.50. The molecular weight excluding hydrogens is 248 g/mol. The second-order valence-corrected chi connectivity index (χ2v) is 6.52. The molecule has 0 bridgehead atoms. The predicted molar refractivity (Wildman–Crippen MR) is 84.8 cm³/mol. The molecule has 3 heteroatoms. The number of rotatable bonds is 4. The first-order valence-corrected chi connectivity index (χ1v) is 8.46. The van der Waals surface area contributed by atoms with Crippen molar-refractivity contribution in [2.24, 2.45) is 5.73 Å². The highest BCUT2D eigenvalue weighted by atomic mass is 16.5. The number of ether oxygens (including phenoxy) is 1. The summed E-state index contributed by atoms with van der Waals surface area (Å²) in [6.07, 6.45) is 11.3. The molecular formula is C17H32N2O. The summed E-state index contributed by atoms with van der Waals surface area (Å²) in [7, 11) is 0. The molecule has 1 aliphatic heterocycles. The molecule has 3 nitrogen and oxygen atoms in total. The topological polar surface area (TPSA) is 38.5 Å². The Labute approximate surface area is 124 Å². The van der Waals surface area contributed by atoms with Crippen LogP contribution in [0.3, 0.4) is 0 Å². The van der Waals surface area contributed by atoms with E-state index in [4.69, 9.17) is 10.5 Å². The SMILES string of the molecule is CCC(C)(C(N)C1=CCCCCCC1)N1CCOCC1. The van der Waals surface area contributed by atoms with Gasteiger partial charge in [0.05, 0.1) is 13.2 Å². The Morgan fingerprint density at radius 3 is 2.65 bits per heavy atom. The van der Waals surface area contributed by atoms with Crippen molar-refractivity contribution in [3.05, 3.63) is 11.6 Å². The largest absolute Gasteiger partial charge is 0.379 e. The molecule has 0 aromatic carbocycles. The summed E-state index contributed by atoms with van der Waals surface area (Å²) in [5.74, 6) is 0. The molecule has 116 valence electrons. The third-order valence-electron chi connectivity index (χ3n) is 5.34. The van der Waals surface area contributed by atoms with Gasteiger partial charge in [0, 0.05) is 24.7 Å². The lowest BCUT2D eigenvalue weighted by atomic mass is 9.80. The first kappa shape index (κ1) is 16.0. The molecule has 2 aliphatic rings. The van der Waals surface area contributed by atoms with Gasteiger partial charge in [-0.05, 0) is 39.0 Å². The van der Waals surface area contributed by atoms with Crippen LogP contribution in [0.4, 0.5) is 0 Å². The molecule has 0 aromatic heterocycles. The van der Waals surface area contributed by atoms with E-state index in [1.807, 2.05) is 0 Å². The van der Waals surface area contributed by atoms with E-state index in [2.05, 4.69) is 24.8 Å². The summed E-state index contributed by atoms with van der Waals surface area (Å²) in [6.45, 7) is 8.36. The van der Waals surface area contributed by atoms with Crippen molar-refractivity contribution < 1.29 is 4.74 Å². The van der Waals surface area contributed by atoms with Crippen LogP contribution in [0.2, 0.25) is 0 Å². The van der Waals surface area contributed by atoms with Crippen LogP contribution >= 0.6 is 0 Å². The number of allylic oxidation sites excluding steroid dienone is 1. The van der Waals surface area contributed by atoms with Crippen LogP contribution in [-0.2, 0) is 4.74 Å². The van der Waals surface area contributed by atoms with Crippen LogP contribution in [0.25, 0.3) is 0 Å². The van der Waals surface area contributed by atoms with Crippen molar-refractivity contribution in [3.8, 4) is 0 Å². The molecule has 1 fully saturated rings. The smallest absolute Gasteiger partial charge is 0.0594 e. The van der Waals surface area contributed by atoms with Crippen LogP contribution in [-0.4, -0.2) is 42.8 Å². The second-order valence-electron chi connectivity index (χ2n) is 6.52. The van der Waals surface area contributed by atoms with E-state index in [1.54, 1.807) is 0 Å². The molecule has 1 heterocycles. The first-order valence-electron chi connectivity index (χ1n) is 8.46. The van der Waals surface area contributed by atoms with E-state index in [1.165, 1.54) is 44.1 Å². The lowest BCUT2D eigenvalue weighted by Gasteiger charge is -2.47. The molecule has 2 N–H and O–H groups in total. The molecule has 1 saturated heterocycles. The van der Waals surface area contributed by atoms with E-state index in [-0.39, 0.29) is 11.6 Å². The Morgan fingerprint density at radius 2 is 1.95 bits per heavy atom. The molecule has 1 aliphatic carbocycles. The van der Waals surface area contributed by atoms with Crippen molar-refractivity contribution in [1.82, 2.24) is 4.90 Å². The lowest BCUT2D eigenvalue weighted by molar-refractivity contribution is -0.0236. The van der Waals surface area contributed by atoms with Crippen LogP contribution < -0.4 is 5.73 Å². The number of hydrogen-bond donors (Lipinski definition) is 1. The summed E-state index contributed by atoms with van der Waals surface area (Å²) in [5.41, 5.74) is 8.32. The minimum Gasteiger partial charge on any atom is -0.379 e. The van der Waals surface area contributed by atoms with Gasteiger partial charge < -0.3 is 10.5 Å². The van der Waals surface area contributed by atoms with Gasteiger partial charge >= 0.3 is 0 Å². The van der Waals surface area contributed by atoms with Gasteiger partial charge in [-0.1, -0.05) is 31.4 Å². The maximum absolute atomic E-state index is 6.74. The highest BCUT2D eigenvalue weighted by Gasteiger charge is 2.38. The average Bonchev–Trinajstić information content (AvgIpc) is 2.46. The Bertz CT molecular complexity index is 323. The number of nitrogens with two attached hydrogens (primary N) is 1. The fraction of sp³-hybridized carbons (Fsp3) is 0.882. The monoisotopic (exact) mass is 280 g/mol. The van der Waals surface area contributed by atoms with Crippen LogP contribution in [0.1, 0.15) is 58.8 Å². The predicted octanol–water partition coefficient (Wildman–Crippen LogP) is 3.10. The Balaban J connectivity index is 2.11. The van der Waals surface area contributed by atoms with Gasteiger partial charge in [-0.25, -0.2) is 0 Å². The Hall–Kier alpha value is -0.380. The van der Waals surface area contributed by atoms with E-state index >= 15 is 0 Å². The van der Waals surface area contributed by atoms with E-state index < -0.39 is 0 Å². The van der Waals surface area contributed by atoms with Crippen LogP contribution in [0.15, 0.2) is 11.6 Å². The van der Waals surface area contributed by atoms with Crippen molar-refractivity contribution >= 4 is 0 Å². The quantitative estimate of drug-likeness (QED) is 0.804. The minimum atomic E-state index is 0.0782. The minimum absolute atomic E-state index is 0.0782. The van der Waals surface area contributed by atoms with Crippen molar-refractivity contribution in [3.63, 3.8) is 0 Å². The Kier molecular flexibility index (Phi) is 6.06. The number of hydrogen-bond acceptors (Lipinski definition) is 3.